The Morgan fingerprint density at radius 1 is 1.41 bits per heavy atom. The molecule has 1 unspecified atom stereocenters. The summed E-state index contributed by atoms with van der Waals surface area (Å²) in [5.41, 5.74) is 2.02. The van der Waals surface area contributed by atoms with Gasteiger partial charge in [-0.3, -0.25) is 4.68 Å². The average Bonchev–Trinajstić information content (AvgIpc) is 2.69. The fourth-order valence-corrected chi connectivity index (χ4v) is 3.04. The van der Waals surface area contributed by atoms with E-state index in [-0.39, 0.29) is 5.41 Å². The van der Waals surface area contributed by atoms with Crippen LogP contribution >= 0.6 is 0 Å². The molecule has 1 aromatic heterocycles. The second-order valence-electron chi connectivity index (χ2n) is 6.35. The summed E-state index contributed by atoms with van der Waals surface area (Å²) >= 11 is 0. The smallest absolute Gasteiger partial charge is 0.0708 e. The van der Waals surface area contributed by atoms with Gasteiger partial charge in [0.05, 0.1) is 11.3 Å². The van der Waals surface area contributed by atoms with Crippen molar-refractivity contribution in [2.75, 3.05) is 0 Å². The molecule has 1 aromatic rings. The molecule has 2 rings (SSSR count). The molecule has 0 aromatic carbocycles. The highest BCUT2D eigenvalue weighted by atomic mass is 16.3. The zero-order valence-corrected chi connectivity index (χ0v) is 11.5. The van der Waals surface area contributed by atoms with Gasteiger partial charge in [-0.25, -0.2) is 0 Å². The summed E-state index contributed by atoms with van der Waals surface area (Å²) in [6.45, 7) is 6.59. The highest BCUT2D eigenvalue weighted by molar-refractivity contribution is 5.14. The van der Waals surface area contributed by atoms with Gasteiger partial charge in [0.1, 0.15) is 0 Å². The molecule has 1 N–H and O–H groups in total. The predicted octanol–water partition coefficient (Wildman–Crippen LogP) is 2.47. The molecule has 3 heteroatoms. The van der Waals surface area contributed by atoms with Crippen molar-refractivity contribution in [3.05, 3.63) is 17.5 Å². The van der Waals surface area contributed by atoms with Crippen molar-refractivity contribution in [1.29, 1.82) is 0 Å². The molecule has 1 atom stereocenters. The van der Waals surface area contributed by atoms with Gasteiger partial charge in [-0.05, 0) is 37.2 Å². The van der Waals surface area contributed by atoms with Crippen LogP contribution in [0.25, 0.3) is 0 Å². The number of aromatic nitrogens is 2. The second kappa shape index (κ2) is 4.13. The van der Waals surface area contributed by atoms with Gasteiger partial charge in [-0.15, -0.1) is 0 Å². The molecule has 96 valence electrons. The fourth-order valence-electron chi connectivity index (χ4n) is 3.04. The van der Waals surface area contributed by atoms with Crippen molar-refractivity contribution in [1.82, 2.24) is 9.78 Å². The van der Waals surface area contributed by atoms with E-state index in [1.165, 1.54) is 0 Å². The van der Waals surface area contributed by atoms with E-state index in [2.05, 4.69) is 31.9 Å². The molecule has 1 heterocycles. The van der Waals surface area contributed by atoms with Crippen molar-refractivity contribution in [3.8, 4) is 0 Å². The monoisotopic (exact) mass is 236 g/mol. The third kappa shape index (κ3) is 2.71. The molecule has 0 radical (unpaired) electrons. The van der Waals surface area contributed by atoms with Gasteiger partial charge < -0.3 is 5.11 Å². The molecule has 1 fully saturated rings. The van der Waals surface area contributed by atoms with Crippen LogP contribution in [0.5, 0.6) is 0 Å². The van der Waals surface area contributed by atoms with E-state index in [1.54, 1.807) is 0 Å². The third-order valence-corrected chi connectivity index (χ3v) is 3.97. The number of hydrogen-bond donors (Lipinski definition) is 1. The normalized spacial score (nSPS) is 27.6. The molecule has 0 aliphatic heterocycles. The van der Waals surface area contributed by atoms with Gasteiger partial charge in [0, 0.05) is 19.2 Å². The van der Waals surface area contributed by atoms with Crippen LogP contribution in [0.3, 0.4) is 0 Å². The van der Waals surface area contributed by atoms with E-state index in [1.807, 2.05) is 11.7 Å². The first-order valence-corrected chi connectivity index (χ1v) is 6.58. The standard InChI is InChI=1S/C14H24N2O/c1-5-11-8-12(16(4)15-11)9-14(17)7-6-13(2,3)10-14/h8,17H,5-7,9-10H2,1-4H3. The lowest BCUT2D eigenvalue weighted by atomic mass is 9.87. The zero-order chi connectivity index (χ0) is 12.7. The average molecular weight is 236 g/mol. The number of aliphatic hydroxyl groups is 1. The Bertz CT molecular complexity index is 408. The van der Waals surface area contributed by atoms with Crippen LogP contribution in [-0.2, 0) is 19.9 Å². The highest BCUT2D eigenvalue weighted by Gasteiger charge is 2.42. The van der Waals surface area contributed by atoms with E-state index < -0.39 is 5.60 Å². The number of rotatable bonds is 3. The molecule has 3 nitrogen and oxygen atoms in total. The molecule has 0 saturated heterocycles. The topological polar surface area (TPSA) is 38.0 Å². The van der Waals surface area contributed by atoms with E-state index in [0.717, 1.165) is 43.5 Å². The summed E-state index contributed by atoms with van der Waals surface area (Å²) < 4.78 is 1.92. The van der Waals surface area contributed by atoms with E-state index in [9.17, 15) is 5.11 Å². The van der Waals surface area contributed by atoms with Crippen LogP contribution in [0.2, 0.25) is 0 Å². The van der Waals surface area contributed by atoms with Crippen molar-refractivity contribution >= 4 is 0 Å². The Morgan fingerprint density at radius 3 is 2.59 bits per heavy atom. The summed E-state index contributed by atoms with van der Waals surface area (Å²) in [4.78, 5) is 0. The maximum Gasteiger partial charge on any atom is 0.0708 e. The molecular weight excluding hydrogens is 212 g/mol. The van der Waals surface area contributed by atoms with Gasteiger partial charge >= 0.3 is 0 Å². The Hall–Kier alpha value is -0.830. The molecular formula is C14H24N2O. The lowest BCUT2D eigenvalue weighted by molar-refractivity contribution is 0.0361. The van der Waals surface area contributed by atoms with Crippen molar-refractivity contribution in [2.45, 2.75) is 58.5 Å². The van der Waals surface area contributed by atoms with E-state index in [0.29, 0.717) is 0 Å². The first-order chi connectivity index (χ1) is 7.84. The predicted molar refractivity (Wildman–Crippen MR) is 68.9 cm³/mol. The Labute approximate surface area is 104 Å². The molecule has 0 spiro atoms. The maximum absolute atomic E-state index is 10.6. The van der Waals surface area contributed by atoms with Crippen molar-refractivity contribution in [2.24, 2.45) is 12.5 Å². The zero-order valence-electron chi connectivity index (χ0n) is 11.5. The summed E-state index contributed by atoms with van der Waals surface area (Å²) in [5, 5.41) is 15.1. The molecule has 0 amide bonds. The van der Waals surface area contributed by atoms with Crippen molar-refractivity contribution < 1.29 is 5.11 Å². The largest absolute Gasteiger partial charge is 0.389 e. The van der Waals surface area contributed by atoms with Crippen LogP contribution in [0.1, 0.15) is 51.4 Å². The van der Waals surface area contributed by atoms with Gasteiger partial charge in [0.15, 0.2) is 0 Å². The van der Waals surface area contributed by atoms with Crippen LogP contribution in [0.4, 0.5) is 0 Å². The first kappa shape index (κ1) is 12.6. The van der Waals surface area contributed by atoms with Gasteiger partial charge in [0.25, 0.3) is 0 Å². The quantitative estimate of drug-likeness (QED) is 0.875. The van der Waals surface area contributed by atoms with Crippen molar-refractivity contribution in [3.63, 3.8) is 0 Å². The van der Waals surface area contributed by atoms with Crippen LogP contribution < -0.4 is 0 Å². The lowest BCUT2D eigenvalue weighted by Gasteiger charge is -2.25. The summed E-state index contributed by atoms with van der Waals surface area (Å²) in [6, 6.07) is 2.13. The number of nitrogens with zero attached hydrogens (tertiary/aromatic N) is 2. The van der Waals surface area contributed by atoms with Gasteiger partial charge in [-0.2, -0.15) is 5.10 Å². The molecule has 0 bridgehead atoms. The van der Waals surface area contributed by atoms with Crippen LogP contribution in [-0.4, -0.2) is 20.5 Å². The number of hydrogen-bond acceptors (Lipinski definition) is 2. The fraction of sp³-hybridized carbons (Fsp3) is 0.786. The molecule has 1 saturated carbocycles. The van der Waals surface area contributed by atoms with E-state index in [4.69, 9.17) is 0 Å². The minimum atomic E-state index is -0.525. The minimum absolute atomic E-state index is 0.279. The second-order valence-corrected chi connectivity index (χ2v) is 6.35. The SMILES string of the molecule is CCc1cc(CC2(O)CCC(C)(C)C2)n(C)n1. The van der Waals surface area contributed by atoms with Crippen LogP contribution in [0, 0.1) is 5.41 Å². The summed E-state index contributed by atoms with van der Waals surface area (Å²) in [6.07, 6.45) is 4.61. The molecule has 1 aliphatic carbocycles. The Morgan fingerprint density at radius 2 is 2.12 bits per heavy atom. The first-order valence-electron chi connectivity index (χ1n) is 6.58. The van der Waals surface area contributed by atoms with E-state index >= 15 is 0 Å². The molecule has 17 heavy (non-hydrogen) atoms. The summed E-state index contributed by atoms with van der Waals surface area (Å²) in [5.74, 6) is 0. The Balaban J connectivity index is 2.13. The third-order valence-electron chi connectivity index (χ3n) is 3.97. The Kier molecular flexibility index (Phi) is 3.06. The lowest BCUT2D eigenvalue weighted by Crippen LogP contribution is -2.30. The van der Waals surface area contributed by atoms with Gasteiger partial charge in [-0.1, -0.05) is 20.8 Å². The van der Waals surface area contributed by atoms with Crippen LogP contribution in [0.15, 0.2) is 6.07 Å². The molecule has 1 aliphatic rings. The maximum atomic E-state index is 10.6. The minimum Gasteiger partial charge on any atom is -0.389 e. The van der Waals surface area contributed by atoms with Gasteiger partial charge in [0.2, 0.25) is 0 Å². The highest BCUT2D eigenvalue weighted by Crippen LogP contribution is 2.44. The summed E-state index contributed by atoms with van der Waals surface area (Å²) in [7, 11) is 1.97. The number of aryl methyl sites for hydroxylation is 2.